The molecule has 0 aliphatic carbocycles. The third-order valence-electron chi connectivity index (χ3n) is 8.19. The standard InChI is InChI=1S/C32H48N6O.C3H8/c1-4-17-36(18-7-16-35-32(34)31-23-29(39-3)12-13-30(31)25(2)33)24-26-8-10-27(11-9-26)38-21-14-28(15-22-38)37-19-5-6-20-37;1-3-2/h8-13,23,28,33H,4-7,14-22,24H2,1-3H3,(H2,34,35);3H2,1-2H3. The van der Waals surface area contributed by atoms with E-state index in [1.54, 1.807) is 14.0 Å². The number of benzene rings is 2. The van der Waals surface area contributed by atoms with Gasteiger partial charge in [0.15, 0.2) is 0 Å². The number of piperidine rings is 1. The monoisotopic (exact) mass is 576 g/mol. The first-order valence-corrected chi connectivity index (χ1v) is 16.2. The molecule has 0 amide bonds. The van der Waals surface area contributed by atoms with Gasteiger partial charge in [0.2, 0.25) is 0 Å². The number of nitrogens with zero attached hydrogens (tertiary/aromatic N) is 4. The molecule has 0 spiro atoms. The highest BCUT2D eigenvalue weighted by Crippen LogP contribution is 2.25. The van der Waals surface area contributed by atoms with Crippen LogP contribution in [0.1, 0.15) is 89.3 Å². The summed E-state index contributed by atoms with van der Waals surface area (Å²) in [6.07, 6.45) is 8.66. The van der Waals surface area contributed by atoms with Gasteiger partial charge in [0, 0.05) is 61.3 Å². The Morgan fingerprint density at radius 1 is 0.976 bits per heavy atom. The summed E-state index contributed by atoms with van der Waals surface area (Å²) in [6.45, 7) is 16.9. The van der Waals surface area contributed by atoms with Gasteiger partial charge in [-0.1, -0.05) is 39.3 Å². The molecule has 7 heteroatoms. The molecule has 2 saturated heterocycles. The van der Waals surface area contributed by atoms with Crippen LogP contribution in [0.5, 0.6) is 5.75 Å². The van der Waals surface area contributed by atoms with Crippen LogP contribution in [0.3, 0.4) is 0 Å². The van der Waals surface area contributed by atoms with Crippen molar-refractivity contribution in [3.8, 4) is 5.75 Å². The summed E-state index contributed by atoms with van der Waals surface area (Å²) in [6, 6.07) is 15.7. The van der Waals surface area contributed by atoms with Crippen molar-refractivity contribution in [2.24, 2.45) is 10.7 Å². The number of hydrogen-bond acceptors (Lipinski definition) is 6. The highest BCUT2D eigenvalue weighted by molar-refractivity contribution is 6.09. The van der Waals surface area contributed by atoms with E-state index in [-0.39, 0.29) is 0 Å². The predicted octanol–water partition coefficient (Wildman–Crippen LogP) is 6.57. The summed E-state index contributed by atoms with van der Waals surface area (Å²) in [4.78, 5) is 12.5. The van der Waals surface area contributed by atoms with Crippen LogP contribution in [0.25, 0.3) is 0 Å². The number of nitrogens with two attached hydrogens (primary N) is 1. The van der Waals surface area contributed by atoms with Crippen molar-refractivity contribution in [3.05, 3.63) is 59.2 Å². The van der Waals surface area contributed by atoms with Gasteiger partial charge in [0.25, 0.3) is 0 Å². The summed E-state index contributed by atoms with van der Waals surface area (Å²) in [7, 11) is 1.64. The van der Waals surface area contributed by atoms with E-state index in [0.29, 0.717) is 18.1 Å². The minimum atomic E-state index is 0.470. The van der Waals surface area contributed by atoms with Crippen molar-refractivity contribution in [1.82, 2.24) is 9.80 Å². The average molecular weight is 577 g/mol. The SMILES string of the molecule is CCC.CCCN(CCCN=C(N)c1cc(OC)ccc1C(C)=N)Cc1ccc(N2CCC(N3CCCC3)CC2)cc1. The maximum Gasteiger partial charge on any atom is 0.126 e. The third-order valence-corrected chi connectivity index (χ3v) is 8.19. The Morgan fingerprint density at radius 3 is 2.24 bits per heavy atom. The van der Waals surface area contributed by atoms with E-state index in [1.165, 1.54) is 69.5 Å². The molecule has 3 N–H and O–H groups in total. The second-order valence-corrected chi connectivity index (χ2v) is 11.8. The Balaban J connectivity index is 0.00000155. The van der Waals surface area contributed by atoms with Gasteiger partial charge in [-0.2, -0.15) is 0 Å². The Bertz CT molecular complexity index is 1100. The van der Waals surface area contributed by atoms with Crippen molar-refractivity contribution < 1.29 is 4.74 Å². The number of likely N-dealkylation sites (tertiary alicyclic amines) is 1. The van der Waals surface area contributed by atoms with Gasteiger partial charge >= 0.3 is 0 Å². The lowest BCUT2D eigenvalue weighted by Gasteiger charge is -2.37. The maximum absolute atomic E-state index is 8.07. The lowest BCUT2D eigenvalue weighted by molar-refractivity contribution is 0.208. The first-order valence-electron chi connectivity index (χ1n) is 16.2. The third kappa shape index (κ3) is 10.1. The Hall–Kier alpha value is -2.90. The molecule has 42 heavy (non-hydrogen) atoms. The molecule has 0 atom stereocenters. The summed E-state index contributed by atoms with van der Waals surface area (Å²) >= 11 is 0. The molecule has 232 valence electrons. The van der Waals surface area contributed by atoms with Gasteiger partial charge in [0.1, 0.15) is 11.6 Å². The first-order chi connectivity index (χ1) is 20.4. The van der Waals surface area contributed by atoms with Crippen molar-refractivity contribution in [2.75, 3.05) is 57.8 Å². The van der Waals surface area contributed by atoms with Crippen LogP contribution >= 0.6 is 0 Å². The molecular formula is C35H56N6O. The molecule has 7 nitrogen and oxygen atoms in total. The first kappa shape index (κ1) is 33.6. The zero-order chi connectivity index (χ0) is 30.3. The molecule has 2 heterocycles. The van der Waals surface area contributed by atoms with Gasteiger partial charge in [0.05, 0.1) is 7.11 Å². The molecule has 2 aliphatic rings. The smallest absolute Gasteiger partial charge is 0.126 e. The average Bonchev–Trinajstić information content (AvgIpc) is 3.55. The maximum atomic E-state index is 8.07. The summed E-state index contributed by atoms with van der Waals surface area (Å²) < 4.78 is 5.35. The number of ether oxygens (including phenoxy) is 1. The molecule has 2 aromatic rings. The van der Waals surface area contributed by atoms with E-state index in [4.69, 9.17) is 15.9 Å². The minimum absolute atomic E-state index is 0.470. The van der Waals surface area contributed by atoms with Crippen LogP contribution in [-0.4, -0.2) is 80.3 Å². The fourth-order valence-corrected chi connectivity index (χ4v) is 6.02. The van der Waals surface area contributed by atoms with Crippen molar-refractivity contribution in [2.45, 2.75) is 85.2 Å². The number of aliphatic imine (C=N–C) groups is 1. The number of hydrogen-bond donors (Lipinski definition) is 2. The normalized spacial score (nSPS) is 16.4. The van der Waals surface area contributed by atoms with Crippen molar-refractivity contribution in [3.63, 3.8) is 0 Å². The molecule has 0 unspecified atom stereocenters. The van der Waals surface area contributed by atoms with E-state index >= 15 is 0 Å². The van der Waals surface area contributed by atoms with Gasteiger partial charge < -0.3 is 25.7 Å². The van der Waals surface area contributed by atoms with Crippen LogP contribution in [0.15, 0.2) is 47.5 Å². The molecule has 0 saturated carbocycles. The highest BCUT2D eigenvalue weighted by Gasteiger charge is 2.26. The van der Waals surface area contributed by atoms with Crippen LogP contribution in [0.2, 0.25) is 0 Å². The van der Waals surface area contributed by atoms with E-state index in [9.17, 15) is 0 Å². The lowest BCUT2D eigenvalue weighted by Crippen LogP contribution is -2.43. The number of nitrogens with one attached hydrogen (secondary N) is 1. The van der Waals surface area contributed by atoms with Gasteiger partial charge in [-0.05, 0) is 101 Å². The van der Waals surface area contributed by atoms with E-state index < -0.39 is 0 Å². The molecule has 2 fully saturated rings. The summed E-state index contributed by atoms with van der Waals surface area (Å²) in [5.41, 5.74) is 11.1. The van der Waals surface area contributed by atoms with Crippen LogP contribution < -0.4 is 15.4 Å². The Morgan fingerprint density at radius 2 is 1.64 bits per heavy atom. The molecule has 0 radical (unpaired) electrons. The van der Waals surface area contributed by atoms with Crippen LogP contribution in [0, 0.1) is 5.41 Å². The quantitative estimate of drug-likeness (QED) is 0.160. The predicted molar refractivity (Wildman–Crippen MR) is 180 cm³/mol. The minimum Gasteiger partial charge on any atom is -0.497 e. The second-order valence-electron chi connectivity index (χ2n) is 11.8. The number of rotatable bonds is 13. The molecule has 0 bridgehead atoms. The highest BCUT2D eigenvalue weighted by atomic mass is 16.5. The van der Waals surface area contributed by atoms with Crippen LogP contribution in [-0.2, 0) is 6.54 Å². The Kier molecular flexibility index (Phi) is 14.3. The van der Waals surface area contributed by atoms with E-state index in [1.807, 2.05) is 18.2 Å². The lowest BCUT2D eigenvalue weighted by atomic mass is 10.0. The molecule has 2 aromatic carbocycles. The molecular weight excluding hydrogens is 520 g/mol. The van der Waals surface area contributed by atoms with Gasteiger partial charge in [-0.3, -0.25) is 9.89 Å². The molecule has 2 aliphatic heterocycles. The number of amidine groups is 1. The van der Waals surface area contributed by atoms with E-state index in [0.717, 1.165) is 55.4 Å². The van der Waals surface area contributed by atoms with Gasteiger partial charge in [-0.15, -0.1) is 0 Å². The largest absolute Gasteiger partial charge is 0.497 e. The van der Waals surface area contributed by atoms with E-state index in [2.05, 4.69) is 64.7 Å². The summed E-state index contributed by atoms with van der Waals surface area (Å²) in [5.74, 6) is 1.19. The fraction of sp³-hybridized carbons (Fsp3) is 0.600. The second kappa shape index (κ2) is 17.9. The zero-order valence-corrected chi connectivity index (χ0v) is 27.0. The van der Waals surface area contributed by atoms with Crippen molar-refractivity contribution >= 4 is 17.2 Å². The van der Waals surface area contributed by atoms with Crippen LogP contribution in [0.4, 0.5) is 5.69 Å². The summed E-state index contributed by atoms with van der Waals surface area (Å²) in [5, 5.41) is 8.07. The van der Waals surface area contributed by atoms with Crippen molar-refractivity contribution in [1.29, 1.82) is 5.41 Å². The molecule has 0 aromatic heterocycles. The number of anilines is 1. The fourth-order valence-electron chi connectivity index (χ4n) is 6.02. The topological polar surface area (TPSA) is 81.2 Å². The number of methoxy groups -OCH3 is 1. The van der Waals surface area contributed by atoms with Gasteiger partial charge in [-0.25, -0.2) is 0 Å². The Labute approximate surface area is 255 Å². The molecule has 4 rings (SSSR count). The zero-order valence-electron chi connectivity index (χ0n) is 27.0.